The van der Waals surface area contributed by atoms with E-state index in [1.807, 2.05) is 0 Å². The molecule has 0 saturated carbocycles. The molecule has 0 aliphatic heterocycles. The molecule has 0 unspecified atom stereocenters. The highest BCUT2D eigenvalue weighted by molar-refractivity contribution is 7.92. The number of halogens is 3. The van der Waals surface area contributed by atoms with E-state index >= 15 is 0 Å². The third-order valence-electron chi connectivity index (χ3n) is 3.54. The van der Waals surface area contributed by atoms with Gasteiger partial charge in [0.25, 0.3) is 15.9 Å². The summed E-state index contributed by atoms with van der Waals surface area (Å²) < 4.78 is 28.8. The van der Waals surface area contributed by atoms with Crippen molar-refractivity contribution in [1.29, 1.82) is 0 Å². The van der Waals surface area contributed by atoms with Crippen LogP contribution in [0.25, 0.3) is 0 Å². The quantitative estimate of drug-likeness (QED) is 0.590. The van der Waals surface area contributed by atoms with Gasteiger partial charge in [0.2, 0.25) is 0 Å². The lowest BCUT2D eigenvalue weighted by Gasteiger charge is -2.10. The summed E-state index contributed by atoms with van der Waals surface area (Å²) in [7, 11) is -2.22. The Hall–Kier alpha value is -2.26. The van der Waals surface area contributed by atoms with Gasteiger partial charge in [-0.1, -0.05) is 34.8 Å². The number of rotatable bonds is 5. The molecule has 28 heavy (non-hydrogen) atoms. The topological polar surface area (TPSA) is 93.1 Å². The molecule has 0 atom stereocenters. The zero-order valence-corrected chi connectivity index (χ0v) is 17.4. The minimum absolute atomic E-state index is 0.00235. The Kier molecular flexibility index (Phi) is 5.85. The van der Waals surface area contributed by atoms with Crippen LogP contribution in [0.4, 0.5) is 11.4 Å². The summed E-state index contributed by atoms with van der Waals surface area (Å²) in [5.41, 5.74) is 0.691. The lowest BCUT2D eigenvalue weighted by molar-refractivity contribution is 0.102. The Morgan fingerprint density at radius 1 is 1.00 bits per heavy atom. The molecule has 1 heterocycles. The molecular formula is C17H13Cl3N4O3S. The number of aromatic nitrogens is 2. The van der Waals surface area contributed by atoms with Crippen LogP contribution in [0.3, 0.4) is 0 Å². The van der Waals surface area contributed by atoms with E-state index in [4.69, 9.17) is 34.8 Å². The average molecular weight is 460 g/mol. The molecular weight excluding hydrogens is 447 g/mol. The van der Waals surface area contributed by atoms with Gasteiger partial charge in [-0.2, -0.15) is 5.10 Å². The van der Waals surface area contributed by atoms with E-state index in [-0.39, 0.29) is 21.3 Å². The van der Waals surface area contributed by atoms with Crippen molar-refractivity contribution < 1.29 is 13.2 Å². The Labute approximate surface area is 176 Å². The summed E-state index contributed by atoms with van der Waals surface area (Å²) in [5.74, 6) is -0.507. The van der Waals surface area contributed by atoms with Gasteiger partial charge in [0, 0.05) is 29.0 Å². The van der Waals surface area contributed by atoms with Gasteiger partial charge in [0.1, 0.15) is 0 Å². The zero-order chi connectivity index (χ0) is 20.5. The average Bonchev–Trinajstić information content (AvgIpc) is 2.92. The monoisotopic (exact) mass is 458 g/mol. The van der Waals surface area contributed by atoms with Crippen molar-refractivity contribution in [2.75, 3.05) is 10.0 Å². The molecule has 146 valence electrons. The first-order valence-corrected chi connectivity index (χ1v) is 10.4. The van der Waals surface area contributed by atoms with E-state index in [0.29, 0.717) is 15.7 Å². The summed E-state index contributed by atoms with van der Waals surface area (Å²) in [4.78, 5) is 12.2. The van der Waals surface area contributed by atoms with Crippen molar-refractivity contribution in [2.24, 2.45) is 7.05 Å². The van der Waals surface area contributed by atoms with Crippen molar-refractivity contribution in [3.63, 3.8) is 0 Å². The molecule has 0 fully saturated rings. The van der Waals surface area contributed by atoms with Crippen LogP contribution in [0.15, 0.2) is 53.6 Å². The first-order valence-electron chi connectivity index (χ1n) is 7.73. The first kappa shape index (κ1) is 20.5. The first-order chi connectivity index (χ1) is 13.1. The molecule has 7 nitrogen and oxygen atoms in total. The molecule has 0 aliphatic carbocycles. The lowest BCUT2D eigenvalue weighted by atomic mass is 10.3. The van der Waals surface area contributed by atoms with E-state index in [1.165, 1.54) is 53.3 Å². The highest BCUT2D eigenvalue weighted by Gasteiger charge is 2.17. The van der Waals surface area contributed by atoms with Crippen LogP contribution in [0.1, 0.15) is 10.5 Å². The predicted molar refractivity (Wildman–Crippen MR) is 110 cm³/mol. The third-order valence-corrected chi connectivity index (χ3v) is 5.65. The van der Waals surface area contributed by atoms with Gasteiger partial charge >= 0.3 is 0 Å². The van der Waals surface area contributed by atoms with Crippen LogP contribution in [0, 0.1) is 0 Å². The van der Waals surface area contributed by atoms with Crippen LogP contribution in [-0.2, 0) is 17.1 Å². The summed E-state index contributed by atoms with van der Waals surface area (Å²) in [6.07, 6.45) is 1.50. The van der Waals surface area contributed by atoms with Crippen LogP contribution in [0.2, 0.25) is 15.1 Å². The number of hydrogen-bond donors (Lipinski definition) is 2. The fraction of sp³-hybridized carbons (Fsp3) is 0.0588. The Bertz CT molecular complexity index is 1120. The molecule has 0 spiro atoms. The van der Waals surface area contributed by atoms with E-state index < -0.39 is 15.9 Å². The van der Waals surface area contributed by atoms with Gasteiger partial charge in [-0.3, -0.25) is 14.2 Å². The molecule has 0 radical (unpaired) electrons. The number of amides is 1. The molecule has 3 rings (SSSR count). The number of aryl methyl sites for hydroxylation is 1. The van der Waals surface area contributed by atoms with E-state index in [2.05, 4.69) is 15.1 Å². The molecule has 3 aromatic rings. The van der Waals surface area contributed by atoms with Gasteiger partial charge in [-0.15, -0.1) is 0 Å². The lowest BCUT2D eigenvalue weighted by Crippen LogP contribution is -2.15. The number of anilines is 2. The van der Waals surface area contributed by atoms with E-state index in [9.17, 15) is 13.2 Å². The number of sulfonamides is 1. The SMILES string of the molecule is Cn1cc(Cl)c(C(=O)Nc2ccc(S(=O)(=O)Nc3cc(Cl)cc(Cl)c3)cc2)n1. The predicted octanol–water partition coefficient (Wildman–Crippen LogP) is 4.43. The second-order valence-corrected chi connectivity index (χ2v) is 8.70. The molecule has 11 heteroatoms. The highest BCUT2D eigenvalue weighted by Crippen LogP contribution is 2.25. The summed E-state index contributed by atoms with van der Waals surface area (Å²) in [5, 5.41) is 7.39. The van der Waals surface area contributed by atoms with Crippen molar-refractivity contribution in [3.8, 4) is 0 Å². The van der Waals surface area contributed by atoms with Crippen LogP contribution in [-0.4, -0.2) is 24.1 Å². The highest BCUT2D eigenvalue weighted by atomic mass is 35.5. The second-order valence-electron chi connectivity index (χ2n) is 5.74. The molecule has 2 N–H and O–H groups in total. The largest absolute Gasteiger partial charge is 0.321 e. The minimum Gasteiger partial charge on any atom is -0.321 e. The maximum absolute atomic E-state index is 12.5. The molecule has 0 saturated heterocycles. The second kappa shape index (κ2) is 8.00. The van der Waals surface area contributed by atoms with Crippen molar-refractivity contribution in [1.82, 2.24) is 9.78 Å². The summed E-state index contributed by atoms with van der Waals surface area (Å²) in [6.45, 7) is 0. The van der Waals surface area contributed by atoms with E-state index in [0.717, 1.165) is 0 Å². The summed E-state index contributed by atoms with van der Waals surface area (Å²) in [6, 6.07) is 9.98. The van der Waals surface area contributed by atoms with Gasteiger partial charge in [-0.05, 0) is 42.5 Å². The number of hydrogen-bond acceptors (Lipinski definition) is 4. The molecule has 2 aromatic carbocycles. The zero-order valence-electron chi connectivity index (χ0n) is 14.3. The number of benzene rings is 2. The van der Waals surface area contributed by atoms with Crippen LogP contribution >= 0.6 is 34.8 Å². The van der Waals surface area contributed by atoms with Gasteiger partial charge in [-0.25, -0.2) is 8.42 Å². The van der Waals surface area contributed by atoms with Crippen LogP contribution in [0.5, 0.6) is 0 Å². The van der Waals surface area contributed by atoms with Gasteiger partial charge < -0.3 is 5.32 Å². The molecule has 0 bridgehead atoms. The fourth-order valence-corrected chi connectivity index (χ4v) is 4.18. The number of nitrogens with zero attached hydrogens (tertiary/aromatic N) is 2. The maximum Gasteiger partial charge on any atom is 0.277 e. The van der Waals surface area contributed by atoms with Crippen molar-refractivity contribution in [2.45, 2.75) is 4.90 Å². The van der Waals surface area contributed by atoms with Gasteiger partial charge in [0.05, 0.1) is 15.6 Å². The normalized spacial score (nSPS) is 11.3. The van der Waals surface area contributed by atoms with E-state index in [1.54, 1.807) is 7.05 Å². The smallest absolute Gasteiger partial charge is 0.277 e. The number of carbonyl (C=O) groups is 1. The molecule has 1 amide bonds. The Balaban J connectivity index is 1.75. The van der Waals surface area contributed by atoms with Crippen molar-refractivity contribution in [3.05, 3.63) is 69.4 Å². The van der Waals surface area contributed by atoms with Crippen LogP contribution < -0.4 is 10.0 Å². The Morgan fingerprint density at radius 2 is 1.61 bits per heavy atom. The molecule has 0 aliphatic rings. The molecule has 1 aromatic heterocycles. The maximum atomic E-state index is 12.5. The fourth-order valence-electron chi connectivity index (χ4n) is 2.35. The number of nitrogens with one attached hydrogen (secondary N) is 2. The van der Waals surface area contributed by atoms with Crippen molar-refractivity contribution >= 4 is 62.1 Å². The third kappa shape index (κ3) is 4.77. The minimum atomic E-state index is -3.86. The van der Waals surface area contributed by atoms with Gasteiger partial charge in [0.15, 0.2) is 5.69 Å². The summed E-state index contributed by atoms with van der Waals surface area (Å²) >= 11 is 17.7. The Morgan fingerprint density at radius 3 is 2.14 bits per heavy atom. The standard InChI is InChI=1S/C17H13Cl3N4O3S/c1-24-9-15(20)16(22-24)17(25)21-12-2-4-14(5-3-12)28(26,27)23-13-7-10(18)6-11(19)8-13/h2-9,23H,1H3,(H,21,25). The number of carbonyl (C=O) groups excluding carboxylic acids is 1.